The molecule has 2 rings (SSSR count). The molecule has 1 heterocycles. The fourth-order valence-electron chi connectivity index (χ4n) is 2.47. The van der Waals surface area contributed by atoms with Crippen LogP contribution in [0.25, 0.3) is 0 Å². The van der Waals surface area contributed by atoms with Gasteiger partial charge < -0.3 is 19.7 Å². The van der Waals surface area contributed by atoms with E-state index in [-0.39, 0.29) is 34.5 Å². The zero-order valence-electron chi connectivity index (χ0n) is 13.1. The maximum Gasteiger partial charge on any atom is 0.340 e. The summed E-state index contributed by atoms with van der Waals surface area (Å²) in [5.74, 6) is -1.75. The summed E-state index contributed by atoms with van der Waals surface area (Å²) in [5.41, 5.74) is -0.118. The molecule has 0 spiro atoms. The van der Waals surface area contributed by atoms with Crippen molar-refractivity contribution < 1.29 is 23.5 Å². The van der Waals surface area contributed by atoms with E-state index in [2.05, 4.69) is 10.1 Å². The number of rotatable bonds is 2. The van der Waals surface area contributed by atoms with Gasteiger partial charge in [-0.15, -0.1) is 0 Å². The third-order valence-electron chi connectivity index (χ3n) is 3.39. The maximum absolute atomic E-state index is 13.8. The lowest BCUT2D eigenvalue weighted by molar-refractivity contribution is -0.0530. The van der Waals surface area contributed by atoms with Crippen molar-refractivity contribution in [3.05, 3.63) is 28.5 Å². The van der Waals surface area contributed by atoms with Crippen LogP contribution >= 0.6 is 11.6 Å². The minimum absolute atomic E-state index is 0.0769. The van der Waals surface area contributed by atoms with Gasteiger partial charge in [-0.2, -0.15) is 0 Å². The van der Waals surface area contributed by atoms with Crippen LogP contribution < -0.4 is 5.32 Å². The highest BCUT2D eigenvalue weighted by atomic mass is 35.5. The molecule has 1 aromatic carbocycles. The van der Waals surface area contributed by atoms with Gasteiger partial charge in [-0.1, -0.05) is 11.6 Å². The molecule has 2 atom stereocenters. The lowest BCUT2D eigenvalue weighted by Gasteiger charge is -2.35. The predicted octanol–water partition coefficient (Wildman–Crippen LogP) is 2.91. The summed E-state index contributed by atoms with van der Waals surface area (Å²) in [6, 6.07) is 2.07. The molecular formula is C15H18ClFN2O4. The van der Waals surface area contributed by atoms with E-state index in [1.165, 1.54) is 12.1 Å². The minimum Gasteiger partial charge on any atom is -0.465 e. The molecule has 2 unspecified atom stereocenters. The molecule has 1 fully saturated rings. The van der Waals surface area contributed by atoms with E-state index < -0.39 is 11.8 Å². The second-order valence-electron chi connectivity index (χ2n) is 5.40. The number of esters is 1. The van der Waals surface area contributed by atoms with Gasteiger partial charge in [0.25, 0.3) is 0 Å². The van der Waals surface area contributed by atoms with Gasteiger partial charge >= 0.3 is 12.0 Å². The summed E-state index contributed by atoms with van der Waals surface area (Å²) in [5, 5.41) is 2.34. The number of methoxy groups -OCH3 is 1. The number of anilines is 1. The summed E-state index contributed by atoms with van der Waals surface area (Å²) in [6.07, 6.45) is -0.154. The van der Waals surface area contributed by atoms with Crippen LogP contribution in [-0.4, -0.2) is 49.3 Å². The molecule has 1 N–H and O–H groups in total. The predicted molar refractivity (Wildman–Crippen MR) is 83.4 cm³/mol. The molecular weight excluding hydrogens is 327 g/mol. The van der Waals surface area contributed by atoms with Crippen LogP contribution in [0.1, 0.15) is 24.2 Å². The van der Waals surface area contributed by atoms with Crippen LogP contribution in [0.3, 0.4) is 0 Å². The van der Waals surface area contributed by atoms with Crippen molar-refractivity contribution in [2.75, 3.05) is 25.5 Å². The van der Waals surface area contributed by atoms with Gasteiger partial charge in [-0.05, 0) is 26.0 Å². The van der Waals surface area contributed by atoms with E-state index in [0.29, 0.717) is 13.1 Å². The standard InChI is InChI=1S/C15H18ClFN2O4/c1-8-6-19(7-9(2)23-8)15(21)18-10-4-11(14(20)22-3)13(17)12(16)5-10/h4-5,8-9H,6-7H2,1-3H3,(H,18,21). The van der Waals surface area contributed by atoms with E-state index in [1.807, 2.05) is 13.8 Å². The molecule has 0 bridgehead atoms. The van der Waals surface area contributed by atoms with E-state index in [4.69, 9.17) is 16.3 Å². The fourth-order valence-corrected chi connectivity index (χ4v) is 2.69. The fraction of sp³-hybridized carbons (Fsp3) is 0.467. The van der Waals surface area contributed by atoms with Crippen molar-refractivity contribution in [1.82, 2.24) is 4.90 Å². The molecule has 0 saturated carbocycles. The number of ether oxygens (including phenoxy) is 2. The number of halogens is 2. The lowest BCUT2D eigenvalue weighted by atomic mass is 10.2. The molecule has 126 valence electrons. The Morgan fingerprint density at radius 2 is 1.96 bits per heavy atom. The number of amides is 2. The normalized spacial score (nSPS) is 21.0. The molecule has 23 heavy (non-hydrogen) atoms. The van der Waals surface area contributed by atoms with Crippen LogP contribution in [0.5, 0.6) is 0 Å². The van der Waals surface area contributed by atoms with Crippen LogP contribution in [-0.2, 0) is 9.47 Å². The molecule has 1 aliphatic heterocycles. The van der Waals surface area contributed by atoms with Gasteiger partial charge in [0.05, 0.1) is 29.9 Å². The maximum atomic E-state index is 13.8. The van der Waals surface area contributed by atoms with Gasteiger partial charge in [0, 0.05) is 18.8 Å². The number of carbonyl (C=O) groups is 2. The van der Waals surface area contributed by atoms with Crippen LogP contribution in [0.2, 0.25) is 5.02 Å². The van der Waals surface area contributed by atoms with E-state index in [9.17, 15) is 14.0 Å². The number of carbonyl (C=O) groups excluding carboxylic acids is 2. The van der Waals surface area contributed by atoms with Crippen LogP contribution in [0, 0.1) is 5.82 Å². The smallest absolute Gasteiger partial charge is 0.340 e. The monoisotopic (exact) mass is 344 g/mol. The van der Waals surface area contributed by atoms with Crippen molar-refractivity contribution in [1.29, 1.82) is 0 Å². The molecule has 1 aliphatic rings. The van der Waals surface area contributed by atoms with Gasteiger partial charge in [-0.3, -0.25) is 0 Å². The molecule has 1 aromatic rings. The third kappa shape index (κ3) is 4.11. The second kappa shape index (κ2) is 7.14. The molecule has 6 nitrogen and oxygen atoms in total. The first-order chi connectivity index (χ1) is 10.8. The van der Waals surface area contributed by atoms with Crippen LogP contribution in [0.15, 0.2) is 12.1 Å². The quantitative estimate of drug-likeness (QED) is 0.838. The first-order valence-corrected chi connectivity index (χ1v) is 7.48. The van der Waals surface area contributed by atoms with E-state index in [0.717, 1.165) is 7.11 Å². The van der Waals surface area contributed by atoms with Crippen molar-refractivity contribution in [2.45, 2.75) is 26.1 Å². The Morgan fingerprint density at radius 3 is 2.52 bits per heavy atom. The van der Waals surface area contributed by atoms with Crippen LogP contribution in [0.4, 0.5) is 14.9 Å². The molecule has 1 saturated heterocycles. The first-order valence-electron chi connectivity index (χ1n) is 7.10. The Bertz CT molecular complexity index is 616. The highest BCUT2D eigenvalue weighted by molar-refractivity contribution is 6.31. The molecule has 0 aromatic heterocycles. The average molecular weight is 345 g/mol. The van der Waals surface area contributed by atoms with E-state index in [1.54, 1.807) is 4.90 Å². The summed E-state index contributed by atoms with van der Waals surface area (Å²) in [6.45, 7) is 4.63. The molecule has 0 aliphatic carbocycles. The zero-order chi connectivity index (χ0) is 17.1. The topological polar surface area (TPSA) is 67.9 Å². The Kier molecular flexibility index (Phi) is 5.43. The highest BCUT2D eigenvalue weighted by Crippen LogP contribution is 2.25. The number of hydrogen-bond acceptors (Lipinski definition) is 4. The van der Waals surface area contributed by atoms with Crippen molar-refractivity contribution in [3.8, 4) is 0 Å². The van der Waals surface area contributed by atoms with Crippen molar-refractivity contribution in [2.24, 2.45) is 0 Å². The molecule has 8 heteroatoms. The summed E-state index contributed by atoms with van der Waals surface area (Å²) < 4.78 is 23.9. The number of urea groups is 1. The van der Waals surface area contributed by atoms with Gasteiger partial charge in [0.2, 0.25) is 0 Å². The number of benzene rings is 1. The SMILES string of the molecule is COC(=O)c1cc(NC(=O)N2CC(C)OC(C)C2)cc(Cl)c1F. The highest BCUT2D eigenvalue weighted by Gasteiger charge is 2.26. The number of nitrogens with zero attached hydrogens (tertiary/aromatic N) is 1. The molecule has 0 radical (unpaired) electrons. The summed E-state index contributed by atoms with van der Waals surface area (Å²) >= 11 is 5.77. The largest absolute Gasteiger partial charge is 0.465 e. The Labute approximate surface area is 138 Å². The minimum atomic E-state index is -0.884. The van der Waals surface area contributed by atoms with Gasteiger partial charge in [0.15, 0.2) is 5.82 Å². The zero-order valence-corrected chi connectivity index (χ0v) is 13.8. The van der Waals surface area contributed by atoms with E-state index >= 15 is 0 Å². The van der Waals surface area contributed by atoms with Gasteiger partial charge in [-0.25, -0.2) is 14.0 Å². The third-order valence-corrected chi connectivity index (χ3v) is 3.67. The number of morpholine rings is 1. The number of hydrogen-bond donors (Lipinski definition) is 1. The first kappa shape index (κ1) is 17.5. The summed E-state index contributed by atoms with van der Waals surface area (Å²) in [7, 11) is 1.14. The Morgan fingerprint density at radius 1 is 1.35 bits per heavy atom. The van der Waals surface area contributed by atoms with Crippen molar-refractivity contribution in [3.63, 3.8) is 0 Å². The average Bonchev–Trinajstić information content (AvgIpc) is 2.48. The number of nitrogens with one attached hydrogen (secondary N) is 1. The Balaban J connectivity index is 2.18. The van der Waals surface area contributed by atoms with Crippen molar-refractivity contribution >= 4 is 29.3 Å². The van der Waals surface area contributed by atoms with Gasteiger partial charge in [0.1, 0.15) is 0 Å². The second-order valence-corrected chi connectivity index (χ2v) is 5.81. The lowest BCUT2D eigenvalue weighted by Crippen LogP contribution is -2.49. The summed E-state index contributed by atoms with van der Waals surface area (Å²) in [4.78, 5) is 25.5. The molecule has 2 amide bonds. The Hall–Kier alpha value is -1.86.